The van der Waals surface area contributed by atoms with E-state index in [0.717, 1.165) is 55.6 Å². The Balaban J connectivity index is 0.970. The lowest BCUT2D eigenvalue weighted by Gasteiger charge is -2.26. The van der Waals surface area contributed by atoms with Crippen molar-refractivity contribution in [3.8, 4) is 16.8 Å². The van der Waals surface area contributed by atoms with Crippen molar-refractivity contribution in [2.24, 2.45) is 0 Å². The lowest BCUT2D eigenvalue weighted by molar-refractivity contribution is 0.672. The molecule has 4 heteroatoms. The van der Waals surface area contributed by atoms with Gasteiger partial charge in [-0.05, 0) is 94.0 Å². The maximum absolute atomic E-state index is 6.73. The molecule has 0 spiro atoms. The van der Waals surface area contributed by atoms with Gasteiger partial charge in [-0.2, -0.15) is 0 Å². The summed E-state index contributed by atoms with van der Waals surface area (Å²) in [6, 6.07) is 74.9. The molecule has 0 bridgehead atoms. The molecule has 280 valence electrons. The fraction of sp³-hybridized carbons (Fsp3) is 0. The monoisotopic (exact) mass is 782 g/mol. The van der Waals surface area contributed by atoms with Crippen LogP contribution in [0, 0.1) is 0 Å². The zero-order chi connectivity index (χ0) is 39.3. The second-order valence-electron chi connectivity index (χ2n) is 15.7. The molecule has 60 heavy (non-hydrogen) atoms. The zero-order valence-corrected chi connectivity index (χ0v) is 33.2. The number of aromatic nitrogens is 1. The third kappa shape index (κ3) is 5.01. The number of hydrogen-bond donors (Lipinski definition) is 0. The maximum atomic E-state index is 6.73. The van der Waals surface area contributed by atoms with Gasteiger partial charge < -0.3 is 13.9 Å². The van der Waals surface area contributed by atoms with Crippen LogP contribution in [0.5, 0.6) is 0 Å². The summed E-state index contributed by atoms with van der Waals surface area (Å²) in [6.07, 6.45) is 0. The topological polar surface area (TPSA) is 21.3 Å². The van der Waals surface area contributed by atoms with Crippen LogP contribution in [0.15, 0.2) is 211 Å². The van der Waals surface area contributed by atoms with Crippen LogP contribution >= 0.6 is 11.3 Å². The lowest BCUT2D eigenvalue weighted by atomic mass is 10.0. The first-order valence-corrected chi connectivity index (χ1v) is 21.2. The number of furan rings is 1. The van der Waals surface area contributed by atoms with E-state index >= 15 is 0 Å². The summed E-state index contributed by atoms with van der Waals surface area (Å²) in [6.45, 7) is 0. The first-order valence-electron chi connectivity index (χ1n) is 20.4. The van der Waals surface area contributed by atoms with Gasteiger partial charge in [0.2, 0.25) is 0 Å². The van der Waals surface area contributed by atoms with Crippen LogP contribution in [0.2, 0.25) is 0 Å². The highest BCUT2D eigenvalue weighted by atomic mass is 32.1. The predicted molar refractivity (Wildman–Crippen MR) is 256 cm³/mol. The molecule has 0 fully saturated rings. The Morgan fingerprint density at radius 1 is 0.383 bits per heavy atom. The quantitative estimate of drug-likeness (QED) is 0.173. The molecule has 0 saturated carbocycles. The zero-order valence-electron chi connectivity index (χ0n) is 32.3. The van der Waals surface area contributed by atoms with Crippen LogP contribution in [0.1, 0.15) is 0 Å². The molecule has 0 radical (unpaired) electrons. The normalized spacial score (nSPS) is 12.0. The molecule has 3 nitrogen and oxygen atoms in total. The van der Waals surface area contributed by atoms with Gasteiger partial charge >= 0.3 is 0 Å². The fourth-order valence-electron chi connectivity index (χ4n) is 9.52. The molecular formula is C56H34N2OS. The van der Waals surface area contributed by atoms with Gasteiger partial charge in [0.25, 0.3) is 0 Å². The van der Waals surface area contributed by atoms with Gasteiger partial charge in [0.05, 0.1) is 11.0 Å². The van der Waals surface area contributed by atoms with E-state index in [1.54, 1.807) is 0 Å². The molecule has 3 heterocycles. The van der Waals surface area contributed by atoms with Crippen molar-refractivity contribution in [2.75, 3.05) is 4.90 Å². The number of rotatable bonds is 5. The summed E-state index contributed by atoms with van der Waals surface area (Å²) in [5, 5.41) is 12.2. The van der Waals surface area contributed by atoms with Gasteiger partial charge in [0.15, 0.2) is 0 Å². The molecule has 0 aliphatic heterocycles. The van der Waals surface area contributed by atoms with Crippen molar-refractivity contribution in [2.45, 2.75) is 0 Å². The van der Waals surface area contributed by atoms with Crippen LogP contribution in [0.3, 0.4) is 0 Å². The minimum atomic E-state index is 0.872. The lowest BCUT2D eigenvalue weighted by Crippen LogP contribution is -2.09. The average molecular weight is 783 g/mol. The van der Waals surface area contributed by atoms with Gasteiger partial charge in [0, 0.05) is 75.9 Å². The highest BCUT2D eigenvalue weighted by Gasteiger charge is 2.19. The Bertz CT molecular complexity index is 3680. The number of hydrogen-bond acceptors (Lipinski definition) is 3. The number of para-hydroxylation sites is 2. The number of nitrogens with zero attached hydrogens (tertiary/aromatic N) is 2. The summed E-state index contributed by atoms with van der Waals surface area (Å²) in [4.78, 5) is 2.37. The second-order valence-corrected chi connectivity index (χ2v) is 16.7. The smallest absolute Gasteiger partial charge is 0.143 e. The number of thiophene rings is 1. The molecule has 0 saturated heterocycles. The van der Waals surface area contributed by atoms with Crippen LogP contribution in [-0.4, -0.2) is 4.57 Å². The average Bonchev–Trinajstić information content (AvgIpc) is 3.99. The predicted octanol–water partition coefficient (Wildman–Crippen LogP) is 16.5. The number of anilines is 3. The highest BCUT2D eigenvalue weighted by molar-refractivity contribution is 7.26. The molecule has 0 aliphatic rings. The van der Waals surface area contributed by atoms with Gasteiger partial charge in [0.1, 0.15) is 11.2 Å². The largest absolute Gasteiger partial charge is 0.455 e. The third-order valence-electron chi connectivity index (χ3n) is 12.4. The fourth-order valence-corrected chi connectivity index (χ4v) is 10.8. The standard InChI is InChI=1S/C56H34N2OS/c1-2-12-39(13-3-1)58-51-17-9-8-16-45(51)46-27-22-38(32-52(46)58)35-18-23-40(24-19-35)57(41-25-30-47-49-28-20-36-10-4-6-14-43(36)55(49)59-53(47)33-41)42-26-31-48-50-29-21-37-11-5-7-15-44(37)56(50)60-54(48)34-42/h1-34H. The molecule has 3 aromatic heterocycles. The minimum absolute atomic E-state index is 0.872. The Kier molecular flexibility index (Phi) is 7.18. The Morgan fingerprint density at radius 2 is 0.983 bits per heavy atom. The van der Waals surface area contributed by atoms with E-state index in [9.17, 15) is 0 Å². The molecule has 13 aromatic rings. The van der Waals surface area contributed by atoms with E-state index in [-0.39, 0.29) is 0 Å². The van der Waals surface area contributed by atoms with Crippen molar-refractivity contribution in [3.05, 3.63) is 206 Å². The van der Waals surface area contributed by atoms with Gasteiger partial charge in [-0.15, -0.1) is 11.3 Å². The van der Waals surface area contributed by atoms with E-state index in [1.807, 2.05) is 11.3 Å². The number of fused-ring (bicyclic) bond motifs is 13. The van der Waals surface area contributed by atoms with Gasteiger partial charge in [-0.25, -0.2) is 0 Å². The van der Waals surface area contributed by atoms with Crippen LogP contribution in [0.25, 0.3) is 102 Å². The summed E-state index contributed by atoms with van der Waals surface area (Å²) >= 11 is 1.87. The van der Waals surface area contributed by atoms with E-state index < -0.39 is 0 Å². The SMILES string of the molecule is c1ccc(-n2c3ccccc3c3ccc(-c4ccc(N(c5ccc6c(c5)oc5c7ccccc7ccc65)c5ccc6c(c5)sc5c7ccccc7ccc65)cc4)cc32)cc1. The molecule has 13 rings (SSSR count). The minimum Gasteiger partial charge on any atom is -0.455 e. The molecular weight excluding hydrogens is 749 g/mol. The van der Waals surface area contributed by atoms with Crippen molar-refractivity contribution < 1.29 is 4.42 Å². The molecule has 0 amide bonds. The van der Waals surface area contributed by atoms with Gasteiger partial charge in [-0.1, -0.05) is 133 Å². The first-order chi connectivity index (χ1) is 29.7. The summed E-state index contributed by atoms with van der Waals surface area (Å²) < 4.78 is 11.7. The van der Waals surface area contributed by atoms with Crippen molar-refractivity contribution >= 4 is 114 Å². The van der Waals surface area contributed by atoms with E-state index in [2.05, 4.69) is 216 Å². The second kappa shape index (κ2) is 12.9. The summed E-state index contributed by atoms with van der Waals surface area (Å²) in [5.74, 6) is 0. The van der Waals surface area contributed by atoms with Crippen LogP contribution < -0.4 is 4.90 Å². The first kappa shape index (κ1) is 33.3. The highest BCUT2D eigenvalue weighted by Crippen LogP contribution is 2.45. The molecule has 0 atom stereocenters. The van der Waals surface area contributed by atoms with E-state index in [0.29, 0.717) is 0 Å². The molecule has 0 aliphatic carbocycles. The Hall–Kier alpha value is -7.66. The van der Waals surface area contributed by atoms with Gasteiger partial charge in [-0.3, -0.25) is 0 Å². The molecule has 0 N–H and O–H groups in total. The van der Waals surface area contributed by atoms with Crippen molar-refractivity contribution in [3.63, 3.8) is 0 Å². The van der Waals surface area contributed by atoms with Crippen LogP contribution in [0.4, 0.5) is 17.1 Å². The summed E-state index contributed by atoms with van der Waals surface area (Å²) in [5.41, 5.74) is 10.9. The molecule has 0 unspecified atom stereocenters. The molecule has 10 aromatic carbocycles. The van der Waals surface area contributed by atoms with Crippen LogP contribution in [-0.2, 0) is 0 Å². The van der Waals surface area contributed by atoms with Crippen molar-refractivity contribution in [1.29, 1.82) is 0 Å². The Labute approximate surface area is 349 Å². The summed E-state index contributed by atoms with van der Waals surface area (Å²) in [7, 11) is 0. The van der Waals surface area contributed by atoms with Crippen molar-refractivity contribution in [1.82, 2.24) is 4.57 Å². The maximum Gasteiger partial charge on any atom is 0.143 e. The number of benzene rings is 10. The third-order valence-corrected chi connectivity index (χ3v) is 13.6. The Morgan fingerprint density at radius 3 is 1.82 bits per heavy atom. The van der Waals surface area contributed by atoms with E-state index in [1.165, 1.54) is 63.7 Å². The van der Waals surface area contributed by atoms with E-state index in [4.69, 9.17) is 4.42 Å².